The highest BCUT2D eigenvalue weighted by atomic mass is 15.2. The van der Waals surface area contributed by atoms with Gasteiger partial charge in [0.15, 0.2) is 0 Å². The Morgan fingerprint density at radius 1 is 0.551 bits per heavy atom. The van der Waals surface area contributed by atoms with Crippen molar-refractivity contribution in [1.82, 2.24) is 20.5 Å². The highest BCUT2D eigenvalue weighted by molar-refractivity contribution is 6.09. The lowest BCUT2D eigenvalue weighted by Crippen LogP contribution is -2.39. The van der Waals surface area contributed by atoms with Crippen LogP contribution in [-0.2, 0) is 0 Å². The Morgan fingerprint density at radius 2 is 1.22 bits per heavy atom. The molecule has 4 heteroatoms. The molecule has 2 aliphatic rings. The average Bonchev–Trinajstić information content (AvgIpc) is 3.53. The Labute approximate surface area is 286 Å². The Kier molecular flexibility index (Phi) is 7.41. The molecule has 0 amide bonds. The zero-order valence-electron chi connectivity index (χ0n) is 27.1. The SMILES string of the molecule is C1=CC(c2ccc(C3=CC(c4ccc(-n5c6ccccc6c6ccccc65)cc4)NC(c4cccc(-c5ccccc5)c4)N3)cc2)=CCN1. The fourth-order valence-electron chi connectivity index (χ4n) is 7.26. The van der Waals surface area contributed by atoms with Crippen LogP contribution in [0, 0.1) is 0 Å². The molecule has 3 N–H and O–H groups in total. The summed E-state index contributed by atoms with van der Waals surface area (Å²) in [4.78, 5) is 0. The molecule has 6 aromatic carbocycles. The first-order valence-electron chi connectivity index (χ1n) is 17.0. The van der Waals surface area contributed by atoms with E-state index in [-0.39, 0.29) is 12.2 Å². The third-order valence-corrected chi connectivity index (χ3v) is 9.75. The Balaban J connectivity index is 1.09. The van der Waals surface area contributed by atoms with Gasteiger partial charge in [0, 0.05) is 28.7 Å². The molecular weight excluding hydrogens is 597 g/mol. The van der Waals surface area contributed by atoms with Gasteiger partial charge < -0.3 is 15.2 Å². The molecule has 2 atom stereocenters. The van der Waals surface area contributed by atoms with Crippen molar-refractivity contribution in [2.45, 2.75) is 12.2 Å². The van der Waals surface area contributed by atoms with Gasteiger partial charge in [0.1, 0.15) is 6.17 Å². The summed E-state index contributed by atoms with van der Waals surface area (Å²) in [7, 11) is 0. The molecule has 4 nitrogen and oxygen atoms in total. The first-order valence-corrected chi connectivity index (χ1v) is 17.0. The summed E-state index contributed by atoms with van der Waals surface area (Å²) in [5.74, 6) is 0. The molecule has 0 aliphatic carbocycles. The van der Waals surface area contributed by atoms with Crippen LogP contribution in [0.5, 0.6) is 0 Å². The van der Waals surface area contributed by atoms with E-state index in [0.29, 0.717) is 0 Å². The summed E-state index contributed by atoms with van der Waals surface area (Å²) in [6, 6.07) is 54.8. The minimum absolute atomic E-state index is 0.00330. The van der Waals surface area contributed by atoms with Gasteiger partial charge in [-0.2, -0.15) is 0 Å². The summed E-state index contributed by atoms with van der Waals surface area (Å²) in [6.07, 6.45) is 8.62. The molecule has 0 radical (unpaired) electrons. The average molecular weight is 633 g/mol. The summed E-state index contributed by atoms with van der Waals surface area (Å²) in [6.45, 7) is 0.854. The molecule has 49 heavy (non-hydrogen) atoms. The largest absolute Gasteiger partial charge is 0.387 e. The number of hydrogen-bond acceptors (Lipinski definition) is 3. The highest BCUT2D eigenvalue weighted by Crippen LogP contribution is 2.35. The van der Waals surface area contributed by atoms with E-state index in [2.05, 4.69) is 190 Å². The third kappa shape index (κ3) is 5.52. The van der Waals surface area contributed by atoms with Crippen LogP contribution < -0.4 is 16.0 Å². The number of para-hydroxylation sites is 2. The Bertz CT molecular complexity index is 2320. The number of hydrogen-bond donors (Lipinski definition) is 3. The molecule has 1 aromatic heterocycles. The topological polar surface area (TPSA) is 41.0 Å². The number of nitrogens with zero attached hydrogens (tertiary/aromatic N) is 1. The Morgan fingerprint density at radius 3 is 1.94 bits per heavy atom. The van der Waals surface area contributed by atoms with Crippen LogP contribution in [0.3, 0.4) is 0 Å². The van der Waals surface area contributed by atoms with Crippen LogP contribution in [0.1, 0.15) is 34.5 Å². The molecule has 0 fully saturated rings. The van der Waals surface area contributed by atoms with E-state index in [1.807, 2.05) is 6.20 Å². The molecular formula is C45H36N4. The first-order chi connectivity index (χ1) is 24.3. The monoisotopic (exact) mass is 632 g/mol. The van der Waals surface area contributed by atoms with Gasteiger partial charge in [-0.05, 0) is 87.6 Å². The molecule has 0 saturated carbocycles. The summed E-state index contributed by atoms with van der Waals surface area (Å²) in [5, 5.41) is 13.6. The second-order valence-electron chi connectivity index (χ2n) is 12.7. The predicted molar refractivity (Wildman–Crippen MR) is 204 cm³/mol. The lowest BCUT2D eigenvalue weighted by atomic mass is 9.95. The van der Waals surface area contributed by atoms with Gasteiger partial charge in [0.25, 0.3) is 0 Å². The van der Waals surface area contributed by atoms with Crippen molar-refractivity contribution in [3.8, 4) is 16.8 Å². The molecule has 9 rings (SSSR count). The van der Waals surface area contributed by atoms with Gasteiger partial charge in [0.2, 0.25) is 0 Å². The van der Waals surface area contributed by atoms with E-state index in [1.165, 1.54) is 60.8 Å². The maximum Gasteiger partial charge on any atom is 0.104 e. The van der Waals surface area contributed by atoms with Gasteiger partial charge >= 0.3 is 0 Å². The maximum absolute atomic E-state index is 3.92. The van der Waals surface area contributed by atoms with Crippen molar-refractivity contribution < 1.29 is 0 Å². The normalized spacial score (nSPS) is 17.3. The zero-order chi connectivity index (χ0) is 32.6. The molecule has 3 heterocycles. The van der Waals surface area contributed by atoms with E-state index < -0.39 is 0 Å². The van der Waals surface area contributed by atoms with Crippen LogP contribution in [-0.4, -0.2) is 11.1 Å². The molecule has 0 saturated heterocycles. The molecule has 7 aromatic rings. The zero-order valence-corrected chi connectivity index (χ0v) is 27.1. The highest BCUT2D eigenvalue weighted by Gasteiger charge is 2.25. The number of allylic oxidation sites excluding steroid dienone is 2. The third-order valence-electron chi connectivity index (χ3n) is 9.75. The number of benzene rings is 6. The van der Waals surface area contributed by atoms with Crippen molar-refractivity contribution in [3.63, 3.8) is 0 Å². The second-order valence-corrected chi connectivity index (χ2v) is 12.7. The quantitative estimate of drug-likeness (QED) is 0.171. The van der Waals surface area contributed by atoms with Crippen molar-refractivity contribution >= 4 is 33.1 Å². The van der Waals surface area contributed by atoms with Crippen LogP contribution in [0.4, 0.5) is 0 Å². The number of fused-ring (bicyclic) bond motifs is 3. The fraction of sp³-hybridized carbons (Fsp3) is 0.0667. The molecule has 2 aliphatic heterocycles. The second kappa shape index (κ2) is 12.5. The van der Waals surface area contributed by atoms with E-state index in [9.17, 15) is 0 Å². The van der Waals surface area contributed by atoms with E-state index in [0.717, 1.165) is 17.9 Å². The van der Waals surface area contributed by atoms with Gasteiger partial charge in [-0.25, -0.2) is 0 Å². The lowest BCUT2D eigenvalue weighted by Gasteiger charge is -2.33. The number of aromatic nitrogens is 1. The van der Waals surface area contributed by atoms with E-state index in [4.69, 9.17) is 0 Å². The van der Waals surface area contributed by atoms with Gasteiger partial charge in [-0.15, -0.1) is 0 Å². The summed E-state index contributed by atoms with van der Waals surface area (Å²) >= 11 is 0. The van der Waals surface area contributed by atoms with Gasteiger partial charge in [-0.3, -0.25) is 5.32 Å². The smallest absolute Gasteiger partial charge is 0.104 e. The molecule has 0 bridgehead atoms. The summed E-state index contributed by atoms with van der Waals surface area (Å²) in [5.41, 5.74) is 13.2. The maximum atomic E-state index is 3.92. The van der Waals surface area contributed by atoms with Crippen molar-refractivity contribution in [2.75, 3.05) is 6.54 Å². The van der Waals surface area contributed by atoms with Crippen molar-refractivity contribution in [1.29, 1.82) is 0 Å². The number of nitrogens with one attached hydrogen (secondary N) is 3. The van der Waals surface area contributed by atoms with Crippen molar-refractivity contribution in [3.05, 3.63) is 198 Å². The van der Waals surface area contributed by atoms with E-state index >= 15 is 0 Å². The molecule has 0 spiro atoms. The number of rotatable bonds is 6. The standard InChI is InChI=1S/C45H36N4/c1-2-9-31(10-3-1)36-11-8-12-37(29-36)45-47-41(34-19-17-32(18-20-34)33-25-27-46-28-26-33)30-42(48-45)35-21-23-38(24-22-35)49-43-15-6-4-13-39(43)40-14-5-7-16-44(40)49/h1-27,29-30,42,45-48H,28H2. The fourth-order valence-corrected chi connectivity index (χ4v) is 7.26. The first kappa shape index (κ1) is 29.1. The van der Waals surface area contributed by atoms with Crippen molar-refractivity contribution in [2.24, 2.45) is 0 Å². The minimum Gasteiger partial charge on any atom is -0.387 e. The molecule has 2 unspecified atom stereocenters. The lowest BCUT2D eigenvalue weighted by molar-refractivity contribution is 0.443. The van der Waals surface area contributed by atoms with Crippen LogP contribution in [0.2, 0.25) is 0 Å². The summed E-state index contributed by atoms with van der Waals surface area (Å²) < 4.78 is 2.37. The van der Waals surface area contributed by atoms with Gasteiger partial charge in [-0.1, -0.05) is 127 Å². The molecule has 236 valence electrons. The Hall–Kier alpha value is -6.10. The number of dihydropyridines is 1. The van der Waals surface area contributed by atoms with Gasteiger partial charge in [0.05, 0.1) is 17.1 Å². The van der Waals surface area contributed by atoms with Crippen LogP contribution in [0.15, 0.2) is 176 Å². The van der Waals surface area contributed by atoms with E-state index in [1.54, 1.807) is 0 Å². The van der Waals surface area contributed by atoms with Crippen LogP contribution >= 0.6 is 0 Å². The minimum atomic E-state index is -0.0830. The van der Waals surface area contributed by atoms with Crippen LogP contribution in [0.25, 0.3) is 49.9 Å². The predicted octanol–water partition coefficient (Wildman–Crippen LogP) is 9.92.